The van der Waals surface area contributed by atoms with Crippen LogP contribution in [0, 0.1) is 0 Å². The van der Waals surface area contributed by atoms with Crippen LogP contribution >= 0.6 is 0 Å². The molecule has 0 radical (unpaired) electrons. The van der Waals surface area contributed by atoms with Crippen molar-refractivity contribution in [1.29, 1.82) is 0 Å². The lowest BCUT2D eigenvalue weighted by Crippen LogP contribution is -2.38. The third kappa shape index (κ3) is 4.09. The molecular formula is C26H25N5O2. The third-order valence-corrected chi connectivity index (χ3v) is 6.07. The third-order valence-electron chi connectivity index (χ3n) is 6.07. The van der Waals surface area contributed by atoms with E-state index in [0.717, 1.165) is 29.6 Å². The number of rotatable bonds is 5. The van der Waals surface area contributed by atoms with Gasteiger partial charge >= 0.3 is 0 Å². The van der Waals surface area contributed by atoms with E-state index in [0.29, 0.717) is 17.9 Å². The van der Waals surface area contributed by atoms with E-state index in [1.54, 1.807) is 36.5 Å². The van der Waals surface area contributed by atoms with Crippen LogP contribution in [-0.4, -0.2) is 44.8 Å². The van der Waals surface area contributed by atoms with E-state index in [9.17, 15) is 9.59 Å². The second kappa shape index (κ2) is 8.86. The van der Waals surface area contributed by atoms with Gasteiger partial charge in [-0.15, -0.1) is 0 Å². The van der Waals surface area contributed by atoms with Gasteiger partial charge in [0.05, 0.1) is 23.1 Å². The van der Waals surface area contributed by atoms with Crippen LogP contribution in [0.25, 0.3) is 11.0 Å². The number of imidazole rings is 1. The molecule has 1 aliphatic rings. The minimum atomic E-state index is -0.141. The Labute approximate surface area is 192 Å². The molecule has 4 aromatic rings. The average molecular weight is 440 g/mol. The van der Waals surface area contributed by atoms with Gasteiger partial charge in [-0.2, -0.15) is 0 Å². The van der Waals surface area contributed by atoms with Crippen LogP contribution in [0.4, 0.5) is 5.69 Å². The van der Waals surface area contributed by atoms with Crippen molar-refractivity contribution in [1.82, 2.24) is 19.4 Å². The molecule has 1 aliphatic heterocycles. The minimum absolute atomic E-state index is 0.0211. The molecule has 0 fully saturated rings. The zero-order valence-corrected chi connectivity index (χ0v) is 18.5. The zero-order chi connectivity index (χ0) is 22.8. The van der Waals surface area contributed by atoms with Crippen LogP contribution in [0.2, 0.25) is 0 Å². The quantitative estimate of drug-likeness (QED) is 0.476. The van der Waals surface area contributed by atoms with Gasteiger partial charge in [-0.25, -0.2) is 4.98 Å². The van der Waals surface area contributed by atoms with Crippen LogP contribution in [0.3, 0.4) is 0 Å². The van der Waals surface area contributed by atoms with Crippen molar-refractivity contribution in [2.45, 2.75) is 25.9 Å². The maximum Gasteiger partial charge on any atom is 0.255 e. The fourth-order valence-electron chi connectivity index (χ4n) is 4.43. The molecule has 7 heteroatoms. The number of benzene rings is 2. The molecule has 3 heterocycles. The molecule has 0 saturated heterocycles. The summed E-state index contributed by atoms with van der Waals surface area (Å²) in [4.78, 5) is 38.6. The first-order valence-corrected chi connectivity index (χ1v) is 11.1. The molecule has 0 atom stereocenters. The van der Waals surface area contributed by atoms with Gasteiger partial charge in [-0.05, 0) is 48.7 Å². The lowest BCUT2D eigenvalue weighted by atomic mass is 10.0. The number of nitrogens with zero attached hydrogens (tertiary/aromatic N) is 5. The highest BCUT2D eigenvalue weighted by molar-refractivity contribution is 5.95. The first kappa shape index (κ1) is 20.9. The van der Waals surface area contributed by atoms with Crippen LogP contribution in [0.1, 0.15) is 28.2 Å². The van der Waals surface area contributed by atoms with Crippen molar-refractivity contribution in [3.63, 3.8) is 0 Å². The van der Waals surface area contributed by atoms with Crippen LogP contribution in [-0.2, 0) is 24.3 Å². The number of carbonyl (C=O) groups is 2. The van der Waals surface area contributed by atoms with Crippen LogP contribution in [0.5, 0.6) is 0 Å². The molecule has 0 spiro atoms. The number of aryl methyl sites for hydroxylation is 1. The van der Waals surface area contributed by atoms with E-state index < -0.39 is 0 Å². The highest BCUT2D eigenvalue weighted by Crippen LogP contribution is 2.27. The topological polar surface area (TPSA) is 71.3 Å². The maximum absolute atomic E-state index is 13.5. The number of pyridine rings is 1. The summed E-state index contributed by atoms with van der Waals surface area (Å²) in [6.07, 6.45) is 5.13. The van der Waals surface area contributed by atoms with Gasteiger partial charge in [-0.3, -0.25) is 14.6 Å². The molecule has 2 aromatic carbocycles. The van der Waals surface area contributed by atoms with Crippen molar-refractivity contribution < 1.29 is 9.59 Å². The molecule has 0 N–H and O–H groups in total. The predicted molar refractivity (Wildman–Crippen MR) is 127 cm³/mol. The molecule has 2 aromatic heterocycles. The van der Waals surface area contributed by atoms with E-state index >= 15 is 0 Å². The molecule has 0 bridgehead atoms. The average Bonchev–Trinajstić information content (AvgIpc) is 3.20. The Balaban J connectivity index is 1.44. The molecule has 166 valence electrons. The Hall–Kier alpha value is -4.00. The molecule has 0 aliphatic carbocycles. The number of amides is 2. The highest BCUT2D eigenvalue weighted by atomic mass is 16.2. The SMILES string of the molecule is CN(Cc1nc2ccccc2n1CC(=O)N1CCCc2ccccc21)C(=O)c1cccnc1. The molecule has 0 saturated carbocycles. The van der Waals surface area contributed by atoms with E-state index in [-0.39, 0.29) is 24.9 Å². The number of hydrogen-bond donors (Lipinski definition) is 0. The number of fused-ring (bicyclic) bond motifs is 2. The standard InChI is InChI=1S/C26H25N5O2/c1-29(26(33)20-9-6-14-27-16-20)17-24-28-21-11-3-5-13-23(21)31(24)18-25(32)30-15-7-10-19-8-2-4-12-22(19)30/h2-6,8-9,11-14,16H,7,10,15,17-18H2,1H3. The normalized spacial score (nSPS) is 13.1. The summed E-state index contributed by atoms with van der Waals surface area (Å²) in [7, 11) is 1.74. The molecular weight excluding hydrogens is 414 g/mol. The zero-order valence-electron chi connectivity index (χ0n) is 18.5. The van der Waals surface area contributed by atoms with E-state index in [1.807, 2.05) is 51.9 Å². The van der Waals surface area contributed by atoms with Crippen LogP contribution in [0.15, 0.2) is 73.1 Å². The summed E-state index contributed by atoms with van der Waals surface area (Å²) in [5.74, 6) is 0.556. The molecule has 2 amide bonds. The van der Waals surface area contributed by atoms with Crippen molar-refractivity contribution in [3.8, 4) is 0 Å². The second-order valence-electron chi connectivity index (χ2n) is 8.28. The van der Waals surface area contributed by atoms with Crippen molar-refractivity contribution in [3.05, 3.63) is 90.0 Å². The van der Waals surface area contributed by atoms with Gasteiger partial charge in [-0.1, -0.05) is 30.3 Å². The first-order chi connectivity index (χ1) is 16.1. The molecule has 7 nitrogen and oxygen atoms in total. The van der Waals surface area contributed by atoms with Gasteiger partial charge in [0.15, 0.2) is 0 Å². The van der Waals surface area contributed by atoms with Gasteiger partial charge in [0.2, 0.25) is 5.91 Å². The summed E-state index contributed by atoms with van der Waals surface area (Å²) in [5.41, 5.74) is 4.40. The van der Waals surface area contributed by atoms with Crippen LogP contribution < -0.4 is 4.90 Å². The van der Waals surface area contributed by atoms with Crippen molar-refractivity contribution in [2.75, 3.05) is 18.5 Å². The summed E-state index contributed by atoms with van der Waals surface area (Å²) < 4.78 is 1.93. The summed E-state index contributed by atoms with van der Waals surface area (Å²) in [5, 5.41) is 0. The van der Waals surface area contributed by atoms with Gasteiger partial charge < -0.3 is 14.4 Å². The largest absolute Gasteiger partial charge is 0.334 e. The van der Waals surface area contributed by atoms with E-state index in [1.165, 1.54) is 5.56 Å². The molecule has 5 rings (SSSR count). The Kier molecular flexibility index (Phi) is 5.60. The lowest BCUT2D eigenvalue weighted by Gasteiger charge is -2.30. The summed E-state index contributed by atoms with van der Waals surface area (Å²) >= 11 is 0. The minimum Gasteiger partial charge on any atom is -0.334 e. The van der Waals surface area contributed by atoms with Gasteiger partial charge in [0.25, 0.3) is 5.91 Å². The monoisotopic (exact) mass is 439 g/mol. The molecule has 33 heavy (non-hydrogen) atoms. The number of carbonyl (C=O) groups excluding carboxylic acids is 2. The number of aromatic nitrogens is 3. The van der Waals surface area contributed by atoms with Crippen molar-refractivity contribution >= 4 is 28.5 Å². The highest BCUT2D eigenvalue weighted by Gasteiger charge is 2.24. The smallest absolute Gasteiger partial charge is 0.255 e. The maximum atomic E-state index is 13.5. The Morgan fingerprint density at radius 3 is 2.70 bits per heavy atom. The number of hydrogen-bond acceptors (Lipinski definition) is 4. The van der Waals surface area contributed by atoms with Crippen molar-refractivity contribution in [2.24, 2.45) is 0 Å². The Morgan fingerprint density at radius 1 is 1.03 bits per heavy atom. The van der Waals surface area contributed by atoms with E-state index in [4.69, 9.17) is 4.98 Å². The lowest BCUT2D eigenvalue weighted by molar-refractivity contribution is -0.119. The first-order valence-electron chi connectivity index (χ1n) is 11.1. The fraction of sp³-hybridized carbons (Fsp3) is 0.231. The second-order valence-corrected chi connectivity index (χ2v) is 8.28. The summed E-state index contributed by atoms with van der Waals surface area (Å²) in [6.45, 7) is 1.16. The number of para-hydroxylation sites is 3. The summed E-state index contributed by atoms with van der Waals surface area (Å²) in [6, 6.07) is 19.3. The Morgan fingerprint density at radius 2 is 1.85 bits per heavy atom. The Bertz CT molecular complexity index is 1310. The molecule has 0 unspecified atom stereocenters. The van der Waals surface area contributed by atoms with Gasteiger partial charge in [0, 0.05) is 31.7 Å². The van der Waals surface area contributed by atoms with E-state index in [2.05, 4.69) is 11.1 Å². The number of anilines is 1. The predicted octanol–water partition coefficient (Wildman–Crippen LogP) is 3.68. The fourth-order valence-corrected chi connectivity index (χ4v) is 4.43. The van der Waals surface area contributed by atoms with Gasteiger partial charge in [0.1, 0.15) is 12.4 Å².